The highest BCUT2D eigenvalue weighted by Gasteiger charge is 2.09. The van der Waals surface area contributed by atoms with E-state index in [2.05, 4.69) is 83.5 Å². The molecule has 0 amide bonds. The maximum Gasteiger partial charge on any atom is 0.0291 e. The molecule has 0 fully saturated rings. The van der Waals surface area contributed by atoms with Gasteiger partial charge in [0.15, 0.2) is 0 Å². The maximum absolute atomic E-state index is 5.68. The van der Waals surface area contributed by atoms with E-state index in [1.165, 1.54) is 20.3 Å². The van der Waals surface area contributed by atoms with Gasteiger partial charge in [0.05, 0.1) is 0 Å². The Bertz CT molecular complexity index is 523. The number of nitrogens with two attached hydrogens (primary N) is 1. The van der Waals surface area contributed by atoms with Crippen LogP contribution in [0.25, 0.3) is 0 Å². The standard InChI is InChI=1S/C16H19IN2/c1-12-3-2-4-14(9-12)11-16(19-18)10-13-5-7-15(17)8-6-13/h2-9,16,19H,10-11,18H2,1H3. The van der Waals surface area contributed by atoms with Crippen LogP contribution in [0, 0.1) is 10.5 Å². The summed E-state index contributed by atoms with van der Waals surface area (Å²) in [5, 5.41) is 0. The van der Waals surface area contributed by atoms with Crippen LogP contribution in [0.15, 0.2) is 48.5 Å². The number of halogens is 1. The SMILES string of the molecule is Cc1cccc(CC(Cc2ccc(I)cc2)NN)c1. The first-order chi connectivity index (χ1) is 9.17. The maximum atomic E-state index is 5.68. The Morgan fingerprint density at radius 3 is 2.37 bits per heavy atom. The molecule has 0 aliphatic heterocycles. The normalized spacial score (nSPS) is 12.4. The zero-order valence-electron chi connectivity index (χ0n) is 11.1. The summed E-state index contributed by atoms with van der Waals surface area (Å²) in [6, 6.07) is 17.5. The van der Waals surface area contributed by atoms with Crippen molar-refractivity contribution < 1.29 is 0 Å². The number of nitrogens with one attached hydrogen (secondary N) is 1. The smallest absolute Gasteiger partial charge is 0.0291 e. The molecule has 0 aromatic heterocycles. The predicted octanol–water partition coefficient (Wildman–Crippen LogP) is 3.22. The van der Waals surface area contributed by atoms with Gasteiger partial charge in [0.25, 0.3) is 0 Å². The van der Waals surface area contributed by atoms with Gasteiger partial charge in [-0.2, -0.15) is 0 Å². The van der Waals surface area contributed by atoms with Crippen LogP contribution in [0.5, 0.6) is 0 Å². The van der Waals surface area contributed by atoms with E-state index >= 15 is 0 Å². The lowest BCUT2D eigenvalue weighted by atomic mass is 9.98. The molecule has 0 radical (unpaired) electrons. The van der Waals surface area contributed by atoms with Crippen molar-refractivity contribution in [2.24, 2.45) is 5.84 Å². The molecule has 0 aliphatic rings. The molecule has 0 bridgehead atoms. The Morgan fingerprint density at radius 2 is 1.74 bits per heavy atom. The zero-order valence-corrected chi connectivity index (χ0v) is 13.2. The number of hydrogen-bond acceptors (Lipinski definition) is 2. The lowest BCUT2D eigenvalue weighted by Gasteiger charge is -2.16. The molecule has 1 unspecified atom stereocenters. The lowest BCUT2D eigenvalue weighted by Crippen LogP contribution is -2.38. The van der Waals surface area contributed by atoms with E-state index in [9.17, 15) is 0 Å². The third-order valence-corrected chi connectivity index (χ3v) is 3.91. The number of rotatable bonds is 5. The summed E-state index contributed by atoms with van der Waals surface area (Å²) >= 11 is 2.32. The third-order valence-electron chi connectivity index (χ3n) is 3.20. The summed E-state index contributed by atoms with van der Waals surface area (Å²) in [4.78, 5) is 0. The molecule has 2 aromatic rings. The van der Waals surface area contributed by atoms with Gasteiger partial charge in [-0.1, -0.05) is 42.0 Å². The molecule has 3 heteroatoms. The molecular formula is C16H19IN2. The van der Waals surface area contributed by atoms with Gasteiger partial charge in [-0.05, 0) is 65.6 Å². The number of hydrazine groups is 1. The van der Waals surface area contributed by atoms with Crippen LogP contribution in [0.4, 0.5) is 0 Å². The highest BCUT2D eigenvalue weighted by molar-refractivity contribution is 14.1. The van der Waals surface area contributed by atoms with Gasteiger partial charge in [0.2, 0.25) is 0 Å². The molecule has 0 saturated carbocycles. The summed E-state index contributed by atoms with van der Waals surface area (Å²) < 4.78 is 1.26. The molecule has 100 valence electrons. The molecule has 2 nitrogen and oxygen atoms in total. The first kappa shape index (κ1) is 14.5. The van der Waals surface area contributed by atoms with Crippen LogP contribution < -0.4 is 11.3 Å². The molecule has 0 heterocycles. The highest BCUT2D eigenvalue weighted by atomic mass is 127. The van der Waals surface area contributed by atoms with E-state index in [0.29, 0.717) is 0 Å². The van der Waals surface area contributed by atoms with Gasteiger partial charge in [-0.15, -0.1) is 0 Å². The summed E-state index contributed by atoms with van der Waals surface area (Å²) in [5.41, 5.74) is 6.87. The Kier molecular flexibility index (Phi) is 5.36. The van der Waals surface area contributed by atoms with Crippen molar-refractivity contribution in [1.29, 1.82) is 0 Å². The zero-order chi connectivity index (χ0) is 13.7. The average Bonchev–Trinajstić information content (AvgIpc) is 2.40. The fraction of sp³-hybridized carbons (Fsp3) is 0.250. The van der Waals surface area contributed by atoms with Crippen molar-refractivity contribution in [1.82, 2.24) is 5.43 Å². The summed E-state index contributed by atoms with van der Waals surface area (Å²) in [7, 11) is 0. The van der Waals surface area contributed by atoms with Crippen molar-refractivity contribution in [3.05, 3.63) is 68.8 Å². The highest BCUT2D eigenvalue weighted by Crippen LogP contribution is 2.12. The first-order valence-electron chi connectivity index (χ1n) is 6.43. The van der Waals surface area contributed by atoms with Crippen LogP contribution in [0.1, 0.15) is 16.7 Å². The monoisotopic (exact) mass is 366 g/mol. The minimum atomic E-state index is 0.266. The van der Waals surface area contributed by atoms with Crippen LogP contribution in [-0.4, -0.2) is 6.04 Å². The first-order valence-corrected chi connectivity index (χ1v) is 7.51. The lowest BCUT2D eigenvalue weighted by molar-refractivity contribution is 0.522. The Hall–Kier alpha value is -0.910. The van der Waals surface area contributed by atoms with E-state index in [1.807, 2.05) is 0 Å². The van der Waals surface area contributed by atoms with Gasteiger partial charge in [0.1, 0.15) is 0 Å². The molecule has 2 aromatic carbocycles. The molecule has 0 saturated heterocycles. The van der Waals surface area contributed by atoms with Gasteiger partial charge < -0.3 is 0 Å². The molecule has 19 heavy (non-hydrogen) atoms. The molecular weight excluding hydrogens is 347 g/mol. The number of aryl methyl sites for hydroxylation is 1. The van der Waals surface area contributed by atoms with Crippen LogP contribution in [0.3, 0.4) is 0 Å². The van der Waals surface area contributed by atoms with E-state index in [4.69, 9.17) is 5.84 Å². The molecule has 2 rings (SSSR count). The minimum absolute atomic E-state index is 0.266. The van der Waals surface area contributed by atoms with Gasteiger partial charge in [-0.25, -0.2) is 0 Å². The molecule has 1 atom stereocenters. The van der Waals surface area contributed by atoms with Crippen molar-refractivity contribution in [2.75, 3.05) is 0 Å². The molecule has 0 spiro atoms. The van der Waals surface area contributed by atoms with Crippen molar-refractivity contribution in [3.63, 3.8) is 0 Å². The van der Waals surface area contributed by atoms with Crippen molar-refractivity contribution >= 4 is 22.6 Å². The summed E-state index contributed by atoms with van der Waals surface area (Å²) in [6.07, 6.45) is 1.89. The second-order valence-electron chi connectivity index (χ2n) is 4.89. The quantitative estimate of drug-likeness (QED) is 0.485. The Labute approximate surface area is 128 Å². The Morgan fingerprint density at radius 1 is 1.05 bits per heavy atom. The second-order valence-corrected chi connectivity index (χ2v) is 6.13. The second kappa shape index (κ2) is 7.03. The van der Waals surface area contributed by atoms with Gasteiger partial charge in [-0.3, -0.25) is 11.3 Å². The number of hydrogen-bond donors (Lipinski definition) is 2. The van der Waals surface area contributed by atoms with E-state index in [-0.39, 0.29) is 6.04 Å². The largest absolute Gasteiger partial charge is 0.271 e. The van der Waals surface area contributed by atoms with E-state index < -0.39 is 0 Å². The van der Waals surface area contributed by atoms with Crippen LogP contribution >= 0.6 is 22.6 Å². The minimum Gasteiger partial charge on any atom is -0.271 e. The predicted molar refractivity (Wildman–Crippen MR) is 88.9 cm³/mol. The van der Waals surface area contributed by atoms with Gasteiger partial charge >= 0.3 is 0 Å². The van der Waals surface area contributed by atoms with Crippen molar-refractivity contribution in [3.8, 4) is 0 Å². The average molecular weight is 366 g/mol. The van der Waals surface area contributed by atoms with Gasteiger partial charge in [0, 0.05) is 9.61 Å². The van der Waals surface area contributed by atoms with Crippen LogP contribution in [0.2, 0.25) is 0 Å². The summed E-state index contributed by atoms with van der Waals surface area (Å²) in [5.74, 6) is 5.68. The molecule has 0 aliphatic carbocycles. The fourth-order valence-corrected chi connectivity index (χ4v) is 2.58. The topological polar surface area (TPSA) is 38.0 Å². The van der Waals surface area contributed by atoms with Crippen molar-refractivity contribution in [2.45, 2.75) is 25.8 Å². The van der Waals surface area contributed by atoms with E-state index in [0.717, 1.165) is 12.8 Å². The number of benzene rings is 2. The molecule has 3 N–H and O–H groups in total. The Balaban J connectivity index is 2.02. The van der Waals surface area contributed by atoms with E-state index in [1.54, 1.807) is 0 Å². The fourth-order valence-electron chi connectivity index (χ4n) is 2.22. The third kappa shape index (κ3) is 4.60. The van der Waals surface area contributed by atoms with Crippen LogP contribution in [-0.2, 0) is 12.8 Å². The summed E-state index contributed by atoms with van der Waals surface area (Å²) in [6.45, 7) is 2.12.